The monoisotopic (exact) mass is 596 g/mol. The standard InChI is InChI=1S/C22H32N4O2S.2C2H2O4/c1-14-18-20(24-16-11-7-4-8-12-16)25-17(13-23-15-9-5-3-6-10-15)26-21(18)29-19(14)22(27)28-2;2*3-1(4)2(5)6/h15-16,23H,3-13H2,1-2H3,(H,24,25,26);2*(H,3,4)(H,5,6). The molecule has 2 heterocycles. The fourth-order valence-corrected chi connectivity index (χ4v) is 5.75. The van der Waals surface area contributed by atoms with Gasteiger partial charge in [0.05, 0.1) is 19.0 Å². The molecule has 0 atom stereocenters. The molecule has 2 aromatic rings. The summed E-state index contributed by atoms with van der Waals surface area (Å²) < 4.78 is 4.98. The summed E-state index contributed by atoms with van der Waals surface area (Å²) in [5.41, 5.74) is 0.918. The van der Waals surface area contributed by atoms with E-state index in [2.05, 4.69) is 10.6 Å². The SMILES string of the molecule is COC(=O)c1sc2nc(CNC3CCCCC3)nc(NC3CCCCC3)c2c1C.O=C(O)C(=O)O.O=C(O)C(=O)O. The number of carboxylic acid groups (broad SMARTS) is 4. The zero-order chi connectivity index (χ0) is 30.5. The average Bonchev–Trinajstić information content (AvgIpc) is 3.29. The summed E-state index contributed by atoms with van der Waals surface area (Å²) in [5, 5.41) is 37.9. The van der Waals surface area contributed by atoms with Crippen LogP contribution in [0.1, 0.15) is 85.3 Å². The van der Waals surface area contributed by atoms with Gasteiger partial charge in [-0.3, -0.25) is 0 Å². The number of aromatic nitrogens is 2. The summed E-state index contributed by atoms with van der Waals surface area (Å²) in [6.07, 6.45) is 12.6. The second-order valence-electron chi connectivity index (χ2n) is 9.63. The third kappa shape index (κ3) is 10.6. The molecule has 0 radical (unpaired) electrons. The molecule has 2 aliphatic rings. The number of esters is 1. The van der Waals surface area contributed by atoms with E-state index in [-0.39, 0.29) is 5.97 Å². The van der Waals surface area contributed by atoms with Crippen LogP contribution < -0.4 is 10.6 Å². The number of carboxylic acids is 4. The number of aliphatic carboxylic acids is 4. The molecule has 226 valence electrons. The Morgan fingerprint density at radius 1 is 0.805 bits per heavy atom. The van der Waals surface area contributed by atoms with Crippen molar-refractivity contribution < 1.29 is 49.1 Å². The Hall–Kier alpha value is -3.85. The van der Waals surface area contributed by atoms with Crippen LogP contribution in [0.5, 0.6) is 0 Å². The minimum Gasteiger partial charge on any atom is -0.473 e. The van der Waals surface area contributed by atoms with Crippen molar-refractivity contribution in [1.29, 1.82) is 0 Å². The van der Waals surface area contributed by atoms with E-state index >= 15 is 0 Å². The van der Waals surface area contributed by atoms with Gasteiger partial charge in [-0.25, -0.2) is 33.9 Å². The van der Waals surface area contributed by atoms with E-state index in [0.717, 1.165) is 27.4 Å². The molecule has 0 bridgehead atoms. The van der Waals surface area contributed by atoms with Crippen LogP contribution >= 0.6 is 11.3 Å². The largest absolute Gasteiger partial charge is 0.473 e. The molecule has 6 N–H and O–H groups in total. The number of ether oxygens (including phenoxy) is 1. The molecule has 41 heavy (non-hydrogen) atoms. The predicted molar refractivity (Wildman–Crippen MR) is 148 cm³/mol. The Kier molecular flexibility index (Phi) is 13.4. The Balaban J connectivity index is 0.000000413. The van der Waals surface area contributed by atoms with E-state index in [1.807, 2.05) is 6.92 Å². The third-order valence-electron chi connectivity index (χ3n) is 6.67. The zero-order valence-electron chi connectivity index (χ0n) is 23.0. The highest BCUT2D eigenvalue weighted by atomic mass is 32.1. The van der Waals surface area contributed by atoms with E-state index in [0.29, 0.717) is 23.5 Å². The van der Waals surface area contributed by atoms with Crippen molar-refractivity contribution in [2.45, 2.75) is 89.8 Å². The third-order valence-corrected chi connectivity index (χ3v) is 7.84. The van der Waals surface area contributed by atoms with Crippen LogP contribution in [0.3, 0.4) is 0 Å². The van der Waals surface area contributed by atoms with E-state index in [9.17, 15) is 4.79 Å². The smallest absolute Gasteiger partial charge is 0.414 e. The van der Waals surface area contributed by atoms with Gasteiger partial charge in [-0.1, -0.05) is 38.5 Å². The number of nitrogens with one attached hydrogen (secondary N) is 2. The lowest BCUT2D eigenvalue weighted by Crippen LogP contribution is -2.31. The number of carbonyl (C=O) groups excluding carboxylic acids is 1. The number of carbonyl (C=O) groups is 5. The molecule has 0 spiro atoms. The number of anilines is 1. The van der Waals surface area contributed by atoms with Crippen molar-refractivity contribution in [2.75, 3.05) is 12.4 Å². The highest BCUT2D eigenvalue weighted by Gasteiger charge is 2.23. The number of hydrogen-bond donors (Lipinski definition) is 6. The summed E-state index contributed by atoms with van der Waals surface area (Å²) in [6.45, 7) is 2.64. The average molecular weight is 597 g/mol. The molecular weight excluding hydrogens is 560 g/mol. The Labute approximate surface area is 240 Å². The van der Waals surface area contributed by atoms with Crippen molar-refractivity contribution in [3.05, 3.63) is 16.3 Å². The molecular formula is C26H36N4O10S. The maximum absolute atomic E-state index is 12.2. The lowest BCUT2D eigenvalue weighted by Gasteiger charge is -2.24. The van der Waals surface area contributed by atoms with Crippen molar-refractivity contribution in [1.82, 2.24) is 15.3 Å². The molecule has 2 aromatic heterocycles. The van der Waals surface area contributed by atoms with Gasteiger partial charge in [0.25, 0.3) is 0 Å². The molecule has 14 nitrogen and oxygen atoms in total. The summed E-state index contributed by atoms with van der Waals surface area (Å²) in [7, 11) is 1.43. The first-order valence-electron chi connectivity index (χ1n) is 13.2. The van der Waals surface area contributed by atoms with E-state index in [1.54, 1.807) is 0 Å². The number of methoxy groups -OCH3 is 1. The van der Waals surface area contributed by atoms with Crippen molar-refractivity contribution in [3.8, 4) is 0 Å². The van der Waals surface area contributed by atoms with Gasteiger partial charge < -0.3 is 35.8 Å². The van der Waals surface area contributed by atoms with Crippen LogP contribution in [0.4, 0.5) is 5.82 Å². The Morgan fingerprint density at radius 3 is 1.76 bits per heavy atom. The molecule has 0 unspecified atom stereocenters. The lowest BCUT2D eigenvalue weighted by molar-refractivity contribution is -0.159. The van der Waals surface area contributed by atoms with Gasteiger partial charge in [0.2, 0.25) is 0 Å². The van der Waals surface area contributed by atoms with Crippen LogP contribution in [0.2, 0.25) is 0 Å². The first-order chi connectivity index (χ1) is 19.4. The molecule has 2 aliphatic carbocycles. The topological polar surface area (TPSA) is 225 Å². The van der Waals surface area contributed by atoms with Gasteiger partial charge >= 0.3 is 29.8 Å². The van der Waals surface area contributed by atoms with E-state index in [1.165, 1.54) is 82.7 Å². The lowest BCUT2D eigenvalue weighted by atomic mass is 9.95. The first-order valence-corrected chi connectivity index (χ1v) is 14.1. The number of rotatable bonds is 6. The highest BCUT2D eigenvalue weighted by molar-refractivity contribution is 7.20. The second kappa shape index (κ2) is 16.4. The van der Waals surface area contributed by atoms with Crippen LogP contribution in [-0.4, -0.2) is 79.4 Å². The Bertz CT molecular complexity index is 1190. The van der Waals surface area contributed by atoms with Gasteiger partial charge in [0.1, 0.15) is 21.3 Å². The number of nitrogens with zero attached hydrogens (tertiary/aromatic N) is 2. The second-order valence-corrected chi connectivity index (χ2v) is 10.6. The summed E-state index contributed by atoms with van der Waals surface area (Å²) in [5.74, 6) is -5.91. The fourth-order valence-electron chi connectivity index (χ4n) is 4.64. The molecule has 0 aromatic carbocycles. The van der Waals surface area contributed by atoms with E-state index < -0.39 is 23.9 Å². The number of thiophene rings is 1. The van der Waals surface area contributed by atoms with Crippen molar-refractivity contribution >= 4 is 57.2 Å². The molecule has 4 rings (SSSR count). The first kappa shape index (κ1) is 33.4. The fraction of sp³-hybridized carbons (Fsp3) is 0.577. The van der Waals surface area contributed by atoms with Crippen molar-refractivity contribution in [2.24, 2.45) is 0 Å². The van der Waals surface area contributed by atoms with Crippen LogP contribution in [0, 0.1) is 6.92 Å². The van der Waals surface area contributed by atoms with Crippen LogP contribution in [0.25, 0.3) is 10.2 Å². The van der Waals surface area contributed by atoms with Crippen LogP contribution in [0.15, 0.2) is 0 Å². The van der Waals surface area contributed by atoms with Gasteiger partial charge in [-0.05, 0) is 38.2 Å². The highest BCUT2D eigenvalue weighted by Crippen LogP contribution is 2.35. The van der Waals surface area contributed by atoms with Gasteiger partial charge in [0.15, 0.2) is 0 Å². The molecule has 2 saturated carbocycles. The summed E-state index contributed by atoms with van der Waals surface area (Å²) in [6, 6.07) is 1.01. The minimum atomic E-state index is -1.82. The number of fused-ring (bicyclic) bond motifs is 1. The molecule has 0 saturated heterocycles. The quantitative estimate of drug-likeness (QED) is 0.208. The van der Waals surface area contributed by atoms with Crippen molar-refractivity contribution in [3.63, 3.8) is 0 Å². The Morgan fingerprint density at radius 2 is 1.29 bits per heavy atom. The maximum atomic E-state index is 12.2. The summed E-state index contributed by atoms with van der Waals surface area (Å²) in [4.78, 5) is 59.8. The molecule has 15 heteroatoms. The number of hydrogen-bond acceptors (Lipinski definition) is 11. The van der Waals surface area contributed by atoms with Gasteiger partial charge in [-0.15, -0.1) is 11.3 Å². The summed E-state index contributed by atoms with van der Waals surface area (Å²) >= 11 is 1.41. The van der Waals surface area contributed by atoms with Gasteiger partial charge in [0, 0.05) is 12.1 Å². The predicted octanol–water partition coefficient (Wildman–Crippen LogP) is 3.26. The zero-order valence-corrected chi connectivity index (χ0v) is 23.8. The molecule has 2 fully saturated rings. The normalized spacial score (nSPS) is 15.5. The minimum absolute atomic E-state index is 0.295. The maximum Gasteiger partial charge on any atom is 0.414 e. The molecule has 0 aliphatic heterocycles. The molecule has 0 amide bonds. The van der Waals surface area contributed by atoms with Crippen LogP contribution in [-0.2, 0) is 30.5 Å². The van der Waals surface area contributed by atoms with Gasteiger partial charge in [-0.2, -0.15) is 0 Å². The number of aryl methyl sites for hydroxylation is 1. The van der Waals surface area contributed by atoms with E-state index in [4.69, 9.17) is 54.3 Å².